The van der Waals surface area contributed by atoms with E-state index in [1.165, 1.54) is 55.9 Å². The smallest absolute Gasteiger partial charge is 0.330 e. The molecule has 2 N–H and O–H groups in total. The van der Waals surface area contributed by atoms with Crippen molar-refractivity contribution >= 4 is 40.9 Å². The third kappa shape index (κ3) is 11.1. The molecule has 1 aromatic heterocycles. The fourth-order valence-corrected chi connectivity index (χ4v) is 7.53. The molecule has 1 aliphatic heterocycles. The van der Waals surface area contributed by atoms with Gasteiger partial charge in [0.05, 0.1) is 30.2 Å². The van der Waals surface area contributed by atoms with E-state index in [0.717, 1.165) is 36.0 Å². The first kappa shape index (κ1) is 43.8. The normalized spacial score (nSPS) is 14.4. The second kappa shape index (κ2) is 22.0. The molecule has 4 aromatic carbocycles. The topological polar surface area (TPSA) is 134 Å². The fourth-order valence-electron chi connectivity index (χ4n) is 7.36. The lowest BCUT2D eigenvalue weighted by molar-refractivity contribution is -0.144. The highest BCUT2D eigenvalue weighted by Gasteiger charge is 2.53. The summed E-state index contributed by atoms with van der Waals surface area (Å²) in [5.41, 5.74) is 3.36. The Morgan fingerprint density at radius 3 is 2.02 bits per heavy atom. The van der Waals surface area contributed by atoms with Gasteiger partial charge in [0, 0.05) is 22.8 Å². The minimum Gasteiger partial charge on any atom is -0.491 e. The van der Waals surface area contributed by atoms with E-state index in [1.807, 2.05) is 91.0 Å². The van der Waals surface area contributed by atoms with E-state index in [1.54, 1.807) is 19.1 Å². The predicted octanol–water partition coefficient (Wildman–Crippen LogP) is 10.7. The first-order valence-corrected chi connectivity index (χ1v) is 21.5. The highest BCUT2D eigenvalue weighted by atomic mass is 35.5. The Labute approximate surface area is 357 Å². The SMILES string of the molecule is CCCCCCCCCCCCOc1ccc(Cl)cc1NC(=O)C(C(=O)c1nc(-c2ccccc2)c(-c2ccccc2)[nH]1)N1C(=O)C(OCC)N(Cc2ccccc2)C1=O. The quantitative estimate of drug-likeness (QED) is 0.0290. The summed E-state index contributed by atoms with van der Waals surface area (Å²) in [6.45, 7) is 4.41. The van der Waals surface area contributed by atoms with E-state index in [-0.39, 0.29) is 24.7 Å². The van der Waals surface area contributed by atoms with E-state index >= 15 is 0 Å². The first-order chi connectivity index (χ1) is 29.3. The number of unbranched alkanes of at least 4 members (excludes halogenated alkanes) is 9. The molecular formula is C48H54ClN5O6. The maximum atomic E-state index is 14.9. The van der Waals surface area contributed by atoms with Crippen molar-refractivity contribution in [2.45, 2.75) is 96.9 Å². The van der Waals surface area contributed by atoms with Crippen LogP contribution in [0.5, 0.6) is 5.75 Å². The molecule has 0 radical (unpaired) electrons. The molecule has 4 amide bonds. The van der Waals surface area contributed by atoms with Crippen LogP contribution in [-0.4, -0.2) is 68.9 Å². The largest absolute Gasteiger partial charge is 0.491 e. The number of urea groups is 1. The van der Waals surface area contributed by atoms with Crippen LogP contribution in [-0.2, 0) is 20.9 Å². The van der Waals surface area contributed by atoms with Crippen LogP contribution < -0.4 is 10.1 Å². The highest BCUT2D eigenvalue weighted by Crippen LogP contribution is 2.33. The van der Waals surface area contributed by atoms with Crippen LogP contribution in [0.4, 0.5) is 10.5 Å². The first-order valence-electron chi connectivity index (χ1n) is 21.1. The van der Waals surface area contributed by atoms with Gasteiger partial charge in [0.15, 0.2) is 11.9 Å². The molecule has 1 saturated heterocycles. The van der Waals surface area contributed by atoms with Crippen LogP contribution in [0.3, 0.4) is 0 Å². The number of rotatable bonds is 23. The van der Waals surface area contributed by atoms with Gasteiger partial charge in [-0.25, -0.2) is 14.7 Å². The maximum Gasteiger partial charge on any atom is 0.330 e. The lowest BCUT2D eigenvalue weighted by atomic mass is 10.1. The number of amides is 4. The van der Waals surface area contributed by atoms with Gasteiger partial charge in [0.2, 0.25) is 12.0 Å². The summed E-state index contributed by atoms with van der Waals surface area (Å²) in [7, 11) is 0. The Bertz CT molecular complexity index is 2120. The number of aromatic nitrogens is 2. The zero-order chi connectivity index (χ0) is 42.3. The third-order valence-corrected chi connectivity index (χ3v) is 10.7. The number of benzene rings is 4. The zero-order valence-corrected chi connectivity index (χ0v) is 35.2. The van der Waals surface area contributed by atoms with Gasteiger partial charge in [0.25, 0.3) is 11.8 Å². The monoisotopic (exact) mass is 831 g/mol. The number of hydrogen-bond acceptors (Lipinski definition) is 7. The minimum absolute atomic E-state index is 0.00257. The van der Waals surface area contributed by atoms with Gasteiger partial charge < -0.3 is 19.8 Å². The molecule has 0 bridgehead atoms. The Morgan fingerprint density at radius 2 is 1.38 bits per heavy atom. The van der Waals surface area contributed by atoms with Crippen LogP contribution in [0.1, 0.15) is 94.2 Å². The van der Waals surface area contributed by atoms with E-state index in [0.29, 0.717) is 33.7 Å². The summed E-state index contributed by atoms with van der Waals surface area (Å²) < 4.78 is 12.0. The molecule has 6 rings (SSSR count). The van der Waals surface area contributed by atoms with E-state index < -0.39 is 35.9 Å². The summed E-state index contributed by atoms with van der Waals surface area (Å²) in [6.07, 6.45) is 10.4. The number of ketones is 1. The van der Waals surface area contributed by atoms with Crippen molar-refractivity contribution < 1.29 is 28.7 Å². The summed E-state index contributed by atoms with van der Waals surface area (Å²) in [5, 5.41) is 3.10. The zero-order valence-electron chi connectivity index (χ0n) is 34.4. The number of imidazole rings is 1. The number of carbonyl (C=O) groups excluding carboxylic acids is 4. The number of halogens is 1. The standard InChI is InChI=1S/C48H54ClN5O6/c1-3-5-6-7-8-9-10-11-12-22-31-60-39-30-29-37(49)32-38(39)50-45(56)42(54-46(57)47(59-4-2)53(48(54)58)33-34-23-16-13-17-24-34)43(55)44-51-40(35-25-18-14-19-26-35)41(52-44)36-27-20-15-21-28-36/h13-21,23-30,32,42,47H,3-12,22,31,33H2,1-2H3,(H,50,56)(H,51,52). The van der Waals surface area contributed by atoms with Gasteiger partial charge in [-0.3, -0.25) is 19.3 Å². The molecule has 0 saturated carbocycles. The van der Waals surface area contributed by atoms with Gasteiger partial charge in [-0.2, -0.15) is 0 Å². The molecule has 12 heteroatoms. The molecule has 2 heterocycles. The lowest BCUT2D eigenvalue weighted by Gasteiger charge is -2.24. The Morgan fingerprint density at radius 1 is 0.783 bits per heavy atom. The van der Waals surface area contributed by atoms with Crippen molar-refractivity contribution in [3.05, 3.63) is 126 Å². The van der Waals surface area contributed by atoms with Crippen LogP contribution >= 0.6 is 11.6 Å². The fraction of sp³-hybridized carbons (Fsp3) is 0.354. The van der Waals surface area contributed by atoms with E-state index in [9.17, 15) is 19.2 Å². The van der Waals surface area contributed by atoms with Gasteiger partial charge in [-0.1, -0.05) is 167 Å². The maximum absolute atomic E-state index is 14.9. The van der Waals surface area contributed by atoms with Gasteiger partial charge in [-0.15, -0.1) is 0 Å². The van der Waals surface area contributed by atoms with Crippen LogP contribution in [0.2, 0.25) is 5.02 Å². The molecule has 11 nitrogen and oxygen atoms in total. The molecule has 1 aliphatic rings. The van der Waals surface area contributed by atoms with E-state index in [4.69, 9.17) is 26.1 Å². The van der Waals surface area contributed by atoms with Crippen LogP contribution in [0, 0.1) is 0 Å². The third-order valence-electron chi connectivity index (χ3n) is 10.5. The molecule has 1 fully saturated rings. The number of H-pyrrole nitrogens is 1. The van der Waals surface area contributed by atoms with Crippen molar-refractivity contribution in [1.29, 1.82) is 0 Å². The average molecular weight is 832 g/mol. The summed E-state index contributed by atoms with van der Waals surface area (Å²) in [5.74, 6) is -2.59. The molecule has 5 aromatic rings. The highest BCUT2D eigenvalue weighted by molar-refractivity contribution is 6.31. The number of carbonyl (C=O) groups is 4. The average Bonchev–Trinajstić information content (AvgIpc) is 3.81. The number of aromatic amines is 1. The van der Waals surface area contributed by atoms with Gasteiger partial charge >= 0.3 is 6.03 Å². The number of nitrogens with one attached hydrogen (secondary N) is 2. The number of nitrogens with zero attached hydrogens (tertiary/aromatic N) is 3. The van der Waals surface area contributed by atoms with Crippen molar-refractivity contribution in [3.63, 3.8) is 0 Å². The second-order valence-electron chi connectivity index (χ2n) is 14.9. The number of Topliss-reactive ketones (excluding diaryl/α,β-unsaturated/α-hetero) is 1. The number of hydrogen-bond donors (Lipinski definition) is 2. The Balaban J connectivity index is 1.29. The van der Waals surface area contributed by atoms with Crippen LogP contribution in [0.25, 0.3) is 22.5 Å². The van der Waals surface area contributed by atoms with Crippen molar-refractivity contribution in [2.75, 3.05) is 18.5 Å². The van der Waals surface area contributed by atoms with Gasteiger partial charge in [-0.05, 0) is 37.1 Å². The van der Waals surface area contributed by atoms with Crippen molar-refractivity contribution in [3.8, 4) is 28.3 Å². The molecule has 314 valence electrons. The number of ether oxygens (including phenoxy) is 2. The lowest BCUT2D eigenvalue weighted by Crippen LogP contribution is -2.53. The molecule has 60 heavy (non-hydrogen) atoms. The van der Waals surface area contributed by atoms with Gasteiger partial charge in [0.1, 0.15) is 5.75 Å². The number of anilines is 1. The summed E-state index contributed by atoms with van der Waals surface area (Å²) >= 11 is 6.44. The summed E-state index contributed by atoms with van der Waals surface area (Å²) in [6, 6.07) is 29.7. The van der Waals surface area contributed by atoms with Crippen molar-refractivity contribution in [2.24, 2.45) is 0 Å². The predicted molar refractivity (Wildman–Crippen MR) is 235 cm³/mol. The molecule has 0 spiro atoms. The second-order valence-corrected chi connectivity index (χ2v) is 15.3. The van der Waals surface area contributed by atoms with Crippen LogP contribution in [0.15, 0.2) is 109 Å². The summed E-state index contributed by atoms with van der Waals surface area (Å²) in [4.78, 5) is 68.2. The molecular weight excluding hydrogens is 778 g/mol. The molecule has 0 aliphatic carbocycles. The number of imide groups is 1. The van der Waals surface area contributed by atoms with Crippen molar-refractivity contribution in [1.82, 2.24) is 19.8 Å². The van der Waals surface area contributed by atoms with E-state index in [2.05, 4.69) is 17.2 Å². The molecule has 2 atom stereocenters. The molecule has 2 unspecified atom stereocenters. The Hall–Kier alpha value is -5.78. The minimum atomic E-state index is -2.00. The Kier molecular flexibility index (Phi) is 16.1.